The molecule has 2 N–H and O–H groups in total. The highest BCUT2D eigenvalue weighted by molar-refractivity contribution is 9.10. The van der Waals surface area contributed by atoms with Crippen LogP contribution in [0.3, 0.4) is 0 Å². The highest BCUT2D eigenvalue weighted by Crippen LogP contribution is 2.17. The summed E-state index contributed by atoms with van der Waals surface area (Å²) in [5, 5.41) is 11.3. The summed E-state index contributed by atoms with van der Waals surface area (Å²) in [6.45, 7) is 2.53. The van der Waals surface area contributed by atoms with Crippen molar-refractivity contribution >= 4 is 39.6 Å². The zero-order valence-corrected chi connectivity index (χ0v) is 13.7. The summed E-state index contributed by atoms with van der Waals surface area (Å²) in [5.74, 6) is -0.128. The Balaban J connectivity index is 2.19. The number of aliphatic carboxylic acids is 1. The van der Waals surface area contributed by atoms with Gasteiger partial charge in [-0.05, 0) is 30.5 Å². The van der Waals surface area contributed by atoms with E-state index in [4.69, 9.17) is 5.11 Å². The van der Waals surface area contributed by atoms with Crippen molar-refractivity contribution in [1.82, 2.24) is 5.32 Å². The molecule has 0 fully saturated rings. The van der Waals surface area contributed by atoms with Gasteiger partial charge in [0.25, 0.3) is 0 Å². The second-order valence-corrected chi connectivity index (χ2v) is 6.34. The molecule has 6 heteroatoms. The fourth-order valence-corrected chi connectivity index (χ4v) is 2.44. The van der Waals surface area contributed by atoms with Crippen LogP contribution in [0.4, 0.5) is 0 Å². The Labute approximate surface area is 131 Å². The monoisotopic (exact) mass is 359 g/mol. The number of hydrogen-bond donors (Lipinski definition) is 2. The van der Waals surface area contributed by atoms with Gasteiger partial charge in [0.1, 0.15) is 0 Å². The first-order valence-corrected chi connectivity index (χ1v) is 8.25. The van der Waals surface area contributed by atoms with E-state index in [0.717, 1.165) is 15.6 Å². The van der Waals surface area contributed by atoms with Crippen LogP contribution in [0.2, 0.25) is 0 Å². The number of halogens is 1. The number of carbonyl (C=O) groups is 2. The first kappa shape index (κ1) is 17.0. The van der Waals surface area contributed by atoms with Crippen molar-refractivity contribution < 1.29 is 14.7 Å². The van der Waals surface area contributed by atoms with Crippen molar-refractivity contribution in [3.63, 3.8) is 0 Å². The third-order valence-electron chi connectivity index (χ3n) is 2.66. The average molecular weight is 360 g/mol. The van der Waals surface area contributed by atoms with Gasteiger partial charge in [-0.1, -0.05) is 28.1 Å². The van der Waals surface area contributed by atoms with Crippen molar-refractivity contribution in [2.75, 3.05) is 18.1 Å². The average Bonchev–Trinajstić information content (AvgIpc) is 2.39. The van der Waals surface area contributed by atoms with Crippen LogP contribution in [-0.4, -0.2) is 35.0 Å². The van der Waals surface area contributed by atoms with E-state index in [-0.39, 0.29) is 11.7 Å². The fraction of sp³-hybridized carbons (Fsp3) is 0.429. The van der Waals surface area contributed by atoms with Gasteiger partial charge in [0.2, 0.25) is 5.91 Å². The van der Waals surface area contributed by atoms with E-state index >= 15 is 0 Å². The molecule has 0 radical (unpaired) electrons. The minimum absolute atomic E-state index is 0.00139. The molecule has 0 saturated heterocycles. The number of nitrogens with one attached hydrogen (secondary N) is 1. The molecule has 1 amide bonds. The number of benzene rings is 1. The molecule has 0 saturated carbocycles. The molecule has 0 aliphatic carbocycles. The van der Waals surface area contributed by atoms with Gasteiger partial charge < -0.3 is 10.4 Å². The number of amides is 1. The molecule has 1 aromatic carbocycles. The third-order valence-corrected chi connectivity index (χ3v) is 4.49. The lowest BCUT2D eigenvalue weighted by molar-refractivity contribution is -0.133. The highest BCUT2D eigenvalue weighted by Gasteiger charge is 2.04. The van der Waals surface area contributed by atoms with Crippen LogP contribution in [0.1, 0.15) is 17.5 Å². The van der Waals surface area contributed by atoms with E-state index < -0.39 is 5.97 Å². The first-order valence-electron chi connectivity index (χ1n) is 6.30. The smallest absolute Gasteiger partial charge is 0.313 e. The van der Waals surface area contributed by atoms with Crippen molar-refractivity contribution in [2.24, 2.45) is 0 Å². The Kier molecular flexibility index (Phi) is 7.69. The van der Waals surface area contributed by atoms with Crippen molar-refractivity contribution in [3.05, 3.63) is 33.8 Å². The predicted molar refractivity (Wildman–Crippen MR) is 85.2 cm³/mol. The number of thioether (sulfide) groups is 1. The summed E-state index contributed by atoms with van der Waals surface area (Å²) in [5.41, 5.74) is 2.30. The maximum atomic E-state index is 11.6. The highest BCUT2D eigenvalue weighted by atomic mass is 79.9. The number of aryl methyl sites for hydroxylation is 2. The molecule has 0 atom stereocenters. The van der Waals surface area contributed by atoms with Gasteiger partial charge in [-0.25, -0.2) is 0 Å². The summed E-state index contributed by atoms with van der Waals surface area (Å²) in [7, 11) is 0. The summed E-state index contributed by atoms with van der Waals surface area (Å²) in [4.78, 5) is 21.9. The Morgan fingerprint density at radius 2 is 2.15 bits per heavy atom. The molecule has 0 unspecified atom stereocenters. The van der Waals surface area contributed by atoms with Gasteiger partial charge in [-0.2, -0.15) is 0 Å². The predicted octanol–water partition coefficient (Wildman–Crippen LogP) is 2.62. The molecule has 1 aromatic rings. The number of rotatable bonds is 8. The lowest BCUT2D eigenvalue weighted by atomic mass is 10.1. The number of carbonyl (C=O) groups excluding carboxylic acids is 1. The quantitative estimate of drug-likeness (QED) is 0.700. The number of carboxylic acid groups (broad SMARTS) is 1. The molecule has 0 heterocycles. The van der Waals surface area contributed by atoms with Crippen LogP contribution in [0.15, 0.2) is 22.7 Å². The normalized spacial score (nSPS) is 10.3. The van der Waals surface area contributed by atoms with E-state index in [2.05, 4.69) is 27.3 Å². The second-order valence-electron chi connectivity index (χ2n) is 4.38. The van der Waals surface area contributed by atoms with E-state index in [1.54, 1.807) is 0 Å². The summed E-state index contributed by atoms with van der Waals surface area (Å²) in [6.07, 6.45) is 1.16. The Bertz CT molecular complexity index is 479. The van der Waals surface area contributed by atoms with Gasteiger partial charge in [0.05, 0.1) is 5.75 Å². The summed E-state index contributed by atoms with van der Waals surface area (Å²) in [6, 6.07) is 6.07. The lowest BCUT2D eigenvalue weighted by Gasteiger charge is -2.06. The van der Waals surface area contributed by atoms with Crippen molar-refractivity contribution in [2.45, 2.75) is 19.8 Å². The van der Waals surface area contributed by atoms with Crippen LogP contribution in [0.5, 0.6) is 0 Å². The topological polar surface area (TPSA) is 66.4 Å². The molecule has 0 aliphatic rings. The molecular weight excluding hydrogens is 342 g/mol. The van der Waals surface area contributed by atoms with Gasteiger partial charge in [0.15, 0.2) is 0 Å². The Morgan fingerprint density at radius 1 is 1.40 bits per heavy atom. The Morgan fingerprint density at radius 3 is 2.80 bits per heavy atom. The largest absolute Gasteiger partial charge is 0.481 e. The Hall–Kier alpha value is -1.01. The van der Waals surface area contributed by atoms with Crippen LogP contribution >= 0.6 is 27.7 Å². The molecule has 0 bridgehead atoms. The lowest BCUT2D eigenvalue weighted by Crippen LogP contribution is -2.26. The maximum Gasteiger partial charge on any atom is 0.313 e. The van der Waals surface area contributed by atoms with Crippen LogP contribution in [-0.2, 0) is 16.0 Å². The minimum atomic E-state index is -0.827. The molecule has 20 heavy (non-hydrogen) atoms. The standard InChI is InChI=1S/C14H18BrNO3S/c1-10-8-11(2-4-12(10)15)3-5-13(17)16-6-7-20-9-14(18)19/h2,4,8H,3,5-7,9H2,1H3,(H,16,17)(H,18,19). The minimum Gasteiger partial charge on any atom is -0.481 e. The first-order chi connectivity index (χ1) is 9.49. The molecule has 0 aromatic heterocycles. The third kappa shape index (κ3) is 6.96. The van der Waals surface area contributed by atoms with Gasteiger partial charge >= 0.3 is 5.97 Å². The SMILES string of the molecule is Cc1cc(CCC(=O)NCCSCC(=O)O)ccc1Br. The number of hydrogen-bond acceptors (Lipinski definition) is 3. The maximum absolute atomic E-state index is 11.6. The van der Waals surface area contributed by atoms with Crippen LogP contribution in [0.25, 0.3) is 0 Å². The summed E-state index contributed by atoms with van der Waals surface area (Å²) < 4.78 is 1.07. The molecule has 0 aliphatic heterocycles. The zero-order valence-electron chi connectivity index (χ0n) is 11.3. The van der Waals surface area contributed by atoms with Gasteiger partial charge in [0, 0.05) is 23.2 Å². The van der Waals surface area contributed by atoms with Crippen LogP contribution < -0.4 is 5.32 Å². The zero-order chi connectivity index (χ0) is 15.0. The van der Waals surface area contributed by atoms with Crippen molar-refractivity contribution in [3.8, 4) is 0 Å². The molecular formula is C14H18BrNO3S. The van der Waals surface area contributed by atoms with E-state index in [1.807, 2.05) is 19.1 Å². The van der Waals surface area contributed by atoms with Crippen LogP contribution in [0, 0.1) is 6.92 Å². The van der Waals surface area contributed by atoms with Gasteiger partial charge in [-0.3, -0.25) is 9.59 Å². The molecule has 4 nitrogen and oxygen atoms in total. The molecule has 1 rings (SSSR count). The van der Waals surface area contributed by atoms with E-state index in [0.29, 0.717) is 25.1 Å². The molecule has 110 valence electrons. The molecule has 0 spiro atoms. The fourth-order valence-electron chi connectivity index (χ4n) is 1.63. The summed E-state index contributed by atoms with van der Waals surface area (Å²) >= 11 is 4.75. The van der Waals surface area contributed by atoms with Crippen molar-refractivity contribution in [1.29, 1.82) is 0 Å². The van der Waals surface area contributed by atoms with E-state index in [1.165, 1.54) is 11.8 Å². The second kappa shape index (κ2) is 9.02. The number of carboxylic acids is 1. The van der Waals surface area contributed by atoms with E-state index in [9.17, 15) is 9.59 Å². The van der Waals surface area contributed by atoms with Gasteiger partial charge in [-0.15, -0.1) is 11.8 Å².